The molecule has 0 atom stereocenters. The van der Waals surface area contributed by atoms with E-state index in [2.05, 4.69) is 37.9 Å². The van der Waals surface area contributed by atoms with Gasteiger partial charge in [0.15, 0.2) is 0 Å². The van der Waals surface area contributed by atoms with Crippen molar-refractivity contribution in [1.29, 1.82) is 0 Å². The number of likely N-dealkylation sites (N-methyl/N-ethyl adjacent to an activating group) is 1. The van der Waals surface area contributed by atoms with Crippen LogP contribution in [0, 0.1) is 6.92 Å². The van der Waals surface area contributed by atoms with Crippen LogP contribution in [0.1, 0.15) is 18.1 Å². The zero-order valence-electron chi connectivity index (χ0n) is 10.7. The molecule has 0 saturated carbocycles. The van der Waals surface area contributed by atoms with Crippen molar-refractivity contribution in [3.05, 3.63) is 42.0 Å². The molecule has 3 heteroatoms. The highest BCUT2D eigenvalue weighted by atomic mass is 35.5. The number of allylic oxidation sites excluding steroid dienone is 1. The number of hydrogen-bond donors (Lipinski definition) is 1. The Bertz CT molecular complexity index is 339. The Morgan fingerprint density at radius 1 is 1.41 bits per heavy atom. The summed E-state index contributed by atoms with van der Waals surface area (Å²) in [5, 5.41) is 3.24. The van der Waals surface area contributed by atoms with Gasteiger partial charge >= 0.3 is 0 Å². The minimum atomic E-state index is 0. The van der Waals surface area contributed by atoms with Crippen molar-refractivity contribution in [2.24, 2.45) is 0 Å². The van der Waals surface area contributed by atoms with E-state index in [1.54, 1.807) is 0 Å². The molecule has 1 aromatic rings. The second-order valence-corrected chi connectivity index (χ2v) is 3.81. The number of benzene rings is 1. The van der Waals surface area contributed by atoms with Gasteiger partial charge in [-0.15, -0.1) is 19.0 Å². The first-order chi connectivity index (χ1) is 7.77. The molecule has 0 aliphatic rings. The van der Waals surface area contributed by atoms with Gasteiger partial charge in [-0.3, -0.25) is 0 Å². The first-order valence-corrected chi connectivity index (χ1v) is 5.82. The molecule has 1 aromatic carbocycles. The summed E-state index contributed by atoms with van der Waals surface area (Å²) in [7, 11) is 0. The van der Waals surface area contributed by atoms with Gasteiger partial charge < -0.3 is 10.1 Å². The minimum Gasteiger partial charge on any atom is -0.492 e. The van der Waals surface area contributed by atoms with E-state index in [4.69, 9.17) is 4.74 Å². The van der Waals surface area contributed by atoms with Crippen LogP contribution >= 0.6 is 12.4 Å². The average molecular weight is 256 g/mol. The van der Waals surface area contributed by atoms with Crippen LogP contribution in [0.25, 0.3) is 0 Å². The van der Waals surface area contributed by atoms with Gasteiger partial charge in [0.25, 0.3) is 0 Å². The molecule has 0 saturated heterocycles. The number of halogens is 1. The Kier molecular flexibility index (Phi) is 8.55. The molecule has 17 heavy (non-hydrogen) atoms. The standard InChI is InChI=1S/C14H21NO.ClH/c1-4-6-13-11-12(3)7-8-14(13)16-10-9-15-5-2;/h4,7-8,11,15H,1,5-6,9-10H2,2-3H3;1H. The van der Waals surface area contributed by atoms with Gasteiger partial charge in [-0.1, -0.05) is 30.7 Å². The maximum absolute atomic E-state index is 5.74. The highest BCUT2D eigenvalue weighted by Gasteiger charge is 2.02. The molecule has 0 spiro atoms. The molecule has 0 fully saturated rings. The SMILES string of the molecule is C=CCc1cc(C)ccc1OCCNCC.Cl. The third-order valence-electron chi connectivity index (χ3n) is 2.37. The fourth-order valence-corrected chi connectivity index (χ4v) is 1.57. The van der Waals surface area contributed by atoms with E-state index in [0.717, 1.165) is 25.3 Å². The van der Waals surface area contributed by atoms with E-state index in [9.17, 15) is 0 Å². The van der Waals surface area contributed by atoms with Gasteiger partial charge in [-0.25, -0.2) is 0 Å². The van der Waals surface area contributed by atoms with Crippen molar-refractivity contribution >= 4 is 12.4 Å². The molecule has 0 aliphatic heterocycles. The largest absolute Gasteiger partial charge is 0.492 e. The maximum atomic E-state index is 5.74. The van der Waals surface area contributed by atoms with Crippen LogP contribution in [-0.4, -0.2) is 19.7 Å². The lowest BCUT2D eigenvalue weighted by Gasteiger charge is -2.11. The van der Waals surface area contributed by atoms with Crippen molar-refractivity contribution in [3.8, 4) is 5.75 Å². The zero-order valence-corrected chi connectivity index (χ0v) is 11.5. The van der Waals surface area contributed by atoms with E-state index in [-0.39, 0.29) is 12.4 Å². The lowest BCUT2D eigenvalue weighted by atomic mass is 10.1. The van der Waals surface area contributed by atoms with Crippen LogP contribution in [0.5, 0.6) is 5.75 Å². The molecular formula is C14H22ClNO. The average Bonchev–Trinajstić information content (AvgIpc) is 2.27. The van der Waals surface area contributed by atoms with Crippen LogP contribution in [0.4, 0.5) is 0 Å². The maximum Gasteiger partial charge on any atom is 0.122 e. The van der Waals surface area contributed by atoms with Crippen LogP contribution in [0.2, 0.25) is 0 Å². The minimum absolute atomic E-state index is 0. The van der Waals surface area contributed by atoms with Gasteiger partial charge in [0.2, 0.25) is 0 Å². The van der Waals surface area contributed by atoms with Gasteiger partial charge in [0.05, 0.1) is 0 Å². The van der Waals surface area contributed by atoms with Crippen molar-refractivity contribution in [3.63, 3.8) is 0 Å². The quantitative estimate of drug-likeness (QED) is 0.597. The Morgan fingerprint density at radius 2 is 2.18 bits per heavy atom. The van der Waals surface area contributed by atoms with E-state index >= 15 is 0 Å². The van der Waals surface area contributed by atoms with Crippen LogP contribution in [0.3, 0.4) is 0 Å². The number of rotatable bonds is 7. The molecule has 0 aliphatic carbocycles. The van der Waals surface area contributed by atoms with E-state index in [0.29, 0.717) is 6.61 Å². The van der Waals surface area contributed by atoms with E-state index < -0.39 is 0 Å². The van der Waals surface area contributed by atoms with Crippen molar-refractivity contribution < 1.29 is 4.74 Å². The molecule has 2 nitrogen and oxygen atoms in total. The Hall–Kier alpha value is -0.990. The molecule has 0 bridgehead atoms. The number of nitrogens with one attached hydrogen (secondary N) is 1. The van der Waals surface area contributed by atoms with Gasteiger partial charge in [-0.2, -0.15) is 0 Å². The summed E-state index contributed by atoms with van der Waals surface area (Å²) < 4.78 is 5.74. The van der Waals surface area contributed by atoms with Gasteiger partial charge in [-0.05, 0) is 31.5 Å². The number of hydrogen-bond acceptors (Lipinski definition) is 2. The fourth-order valence-electron chi connectivity index (χ4n) is 1.57. The summed E-state index contributed by atoms with van der Waals surface area (Å²) >= 11 is 0. The molecule has 0 radical (unpaired) electrons. The first kappa shape index (κ1) is 16.0. The summed E-state index contributed by atoms with van der Waals surface area (Å²) in [6.07, 6.45) is 2.77. The molecule has 0 unspecified atom stereocenters. The Balaban J connectivity index is 0.00000256. The smallest absolute Gasteiger partial charge is 0.122 e. The van der Waals surface area contributed by atoms with Crippen molar-refractivity contribution in [1.82, 2.24) is 5.32 Å². The summed E-state index contributed by atoms with van der Waals surface area (Å²) in [6, 6.07) is 6.28. The van der Waals surface area contributed by atoms with Crippen molar-refractivity contribution in [2.75, 3.05) is 19.7 Å². The van der Waals surface area contributed by atoms with Gasteiger partial charge in [0.1, 0.15) is 12.4 Å². The predicted molar refractivity (Wildman–Crippen MR) is 76.4 cm³/mol. The second-order valence-electron chi connectivity index (χ2n) is 3.81. The van der Waals surface area contributed by atoms with Crippen LogP contribution in [0.15, 0.2) is 30.9 Å². The molecule has 0 amide bonds. The first-order valence-electron chi connectivity index (χ1n) is 5.82. The summed E-state index contributed by atoms with van der Waals surface area (Å²) in [4.78, 5) is 0. The molecule has 0 aromatic heterocycles. The van der Waals surface area contributed by atoms with Crippen molar-refractivity contribution in [2.45, 2.75) is 20.3 Å². The molecule has 0 heterocycles. The van der Waals surface area contributed by atoms with E-state index in [1.165, 1.54) is 11.1 Å². The zero-order chi connectivity index (χ0) is 11.8. The number of aryl methyl sites for hydroxylation is 1. The topological polar surface area (TPSA) is 21.3 Å². The van der Waals surface area contributed by atoms with E-state index in [1.807, 2.05) is 12.1 Å². The van der Waals surface area contributed by atoms with Crippen LogP contribution < -0.4 is 10.1 Å². The van der Waals surface area contributed by atoms with Gasteiger partial charge in [0, 0.05) is 6.54 Å². The summed E-state index contributed by atoms with van der Waals surface area (Å²) in [5.41, 5.74) is 2.47. The second kappa shape index (κ2) is 9.08. The highest BCUT2D eigenvalue weighted by molar-refractivity contribution is 5.85. The summed E-state index contributed by atoms with van der Waals surface area (Å²) in [5.74, 6) is 0.975. The normalized spacial score (nSPS) is 9.53. The Morgan fingerprint density at radius 3 is 2.82 bits per heavy atom. The van der Waals surface area contributed by atoms with Crippen LogP contribution in [-0.2, 0) is 6.42 Å². The fraction of sp³-hybridized carbons (Fsp3) is 0.429. The molecule has 1 rings (SSSR count). The number of ether oxygens (including phenoxy) is 1. The predicted octanol–water partition coefficient (Wildman–Crippen LogP) is 3.13. The Labute approximate surface area is 110 Å². The molecular weight excluding hydrogens is 234 g/mol. The monoisotopic (exact) mass is 255 g/mol. The third-order valence-corrected chi connectivity index (χ3v) is 2.37. The molecule has 1 N–H and O–H groups in total. The lowest BCUT2D eigenvalue weighted by molar-refractivity contribution is 0.313. The third kappa shape index (κ3) is 5.76. The molecule has 96 valence electrons. The lowest BCUT2D eigenvalue weighted by Crippen LogP contribution is -2.20. The summed E-state index contributed by atoms with van der Waals surface area (Å²) in [6.45, 7) is 10.5. The highest BCUT2D eigenvalue weighted by Crippen LogP contribution is 2.20.